The van der Waals surface area contributed by atoms with Crippen molar-refractivity contribution in [2.75, 3.05) is 26.2 Å². The zero-order valence-corrected chi connectivity index (χ0v) is 8.55. The minimum atomic E-state index is 0.669. The molecule has 0 aromatic carbocycles. The topological polar surface area (TPSA) is 15.3 Å². The first kappa shape index (κ1) is 10.6. The van der Waals surface area contributed by atoms with Crippen LogP contribution in [0.15, 0.2) is 0 Å². The van der Waals surface area contributed by atoms with Gasteiger partial charge in [-0.15, -0.1) is 6.42 Å². The summed E-state index contributed by atoms with van der Waals surface area (Å²) in [6, 6.07) is 0.669. The van der Waals surface area contributed by atoms with Gasteiger partial charge >= 0.3 is 0 Å². The van der Waals surface area contributed by atoms with Gasteiger partial charge in [-0.05, 0) is 25.9 Å². The molecule has 0 amide bonds. The van der Waals surface area contributed by atoms with E-state index in [0.29, 0.717) is 6.04 Å². The molecule has 0 bridgehead atoms. The van der Waals surface area contributed by atoms with Crippen LogP contribution in [0.4, 0.5) is 0 Å². The molecule has 74 valence electrons. The molecule has 1 saturated heterocycles. The number of terminal acetylenes is 1. The average Bonchev–Trinajstić information content (AvgIpc) is 2.19. The van der Waals surface area contributed by atoms with Gasteiger partial charge in [-0.1, -0.05) is 19.3 Å². The lowest BCUT2D eigenvalue weighted by Gasteiger charge is -2.28. The quantitative estimate of drug-likeness (QED) is 0.651. The van der Waals surface area contributed by atoms with E-state index in [1.54, 1.807) is 0 Å². The van der Waals surface area contributed by atoms with Crippen molar-refractivity contribution < 1.29 is 0 Å². The number of likely N-dealkylation sites (N-methyl/N-ethyl adjacent to an activating group) is 1. The van der Waals surface area contributed by atoms with Crippen molar-refractivity contribution in [3.05, 3.63) is 0 Å². The fourth-order valence-electron chi connectivity index (χ4n) is 1.83. The lowest BCUT2D eigenvalue weighted by atomic mass is 10.0. The van der Waals surface area contributed by atoms with Crippen LogP contribution in [0, 0.1) is 12.3 Å². The molecular weight excluding hydrogens is 160 g/mol. The van der Waals surface area contributed by atoms with Crippen LogP contribution in [0.3, 0.4) is 0 Å². The second-order valence-electron chi connectivity index (χ2n) is 3.68. The Hall–Kier alpha value is -0.520. The second kappa shape index (κ2) is 6.01. The molecule has 0 saturated carbocycles. The summed E-state index contributed by atoms with van der Waals surface area (Å²) < 4.78 is 0. The predicted molar refractivity (Wildman–Crippen MR) is 56.6 cm³/mol. The molecule has 1 aliphatic heterocycles. The molecule has 1 unspecified atom stereocenters. The minimum Gasteiger partial charge on any atom is -0.313 e. The fourth-order valence-corrected chi connectivity index (χ4v) is 1.83. The first-order valence-corrected chi connectivity index (χ1v) is 5.26. The highest BCUT2D eigenvalue weighted by Crippen LogP contribution is 2.07. The summed E-state index contributed by atoms with van der Waals surface area (Å²) in [5.41, 5.74) is 0. The third-order valence-electron chi connectivity index (χ3n) is 2.65. The van der Waals surface area contributed by atoms with E-state index in [-0.39, 0.29) is 0 Å². The highest BCUT2D eigenvalue weighted by Gasteiger charge is 2.14. The van der Waals surface area contributed by atoms with E-state index in [2.05, 4.69) is 23.1 Å². The van der Waals surface area contributed by atoms with Crippen LogP contribution >= 0.6 is 0 Å². The van der Waals surface area contributed by atoms with Gasteiger partial charge in [-0.2, -0.15) is 0 Å². The van der Waals surface area contributed by atoms with Crippen molar-refractivity contribution in [3.63, 3.8) is 0 Å². The Morgan fingerprint density at radius 1 is 1.54 bits per heavy atom. The van der Waals surface area contributed by atoms with Gasteiger partial charge in [0, 0.05) is 12.6 Å². The van der Waals surface area contributed by atoms with Crippen LogP contribution in [-0.2, 0) is 0 Å². The third kappa shape index (κ3) is 3.80. The van der Waals surface area contributed by atoms with E-state index in [9.17, 15) is 0 Å². The molecule has 1 rings (SSSR count). The van der Waals surface area contributed by atoms with E-state index in [1.165, 1.54) is 25.8 Å². The van der Waals surface area contributed by atoms with Crippen LogP contribution in [0.1, 0.15) is 26.2 Å². The second-order valence-corrected chi connectivity index (χ2v) is 3.68. The molecule has 0 radical (unpaired) electrons. The van der Waals surface area contributed by atoms with Gasteiger partial charge < -0.3 is 5.32 Å². The van der Waals surface area contributed by atoms with Gasteiger partial charge in [0.25, 0.3) is 0 Å². The van der Waals surface area contributed by atoms with Crippen molar-refractivity contribution in [3.8, 4) is 12.3 Å². The van der Waals surface area contributed by atoms with E-state index < -0.39 is 0 Å². The lowest BCUT2D eigenvalue weighted by molar-refractivity contribution is 0.255. The largest absolute Gasteiger partial charge is 0.313 e. The molecule has 13 heavy (non-hydrogen) atoms. The van der Waals surface area contributed by atoms with Crippen LogP contribution in [0.2, 0.25) is 0 Å². The summed E-state index contributed by atoms with van der Waals surface area (Å²) in [7, 11) is 0. The van der Waals surface area contributed by atoms with E-state index in [1.807, 2.05) is 0 Å². The maximum absolute atomic E-state index is 5.30. The molecule has 0 aliphatic carbocycles. The number of rotatable bonds is 4. The van der Waals surface area contributed by atoms with Crippen molar-refractivity contribution in [2.45, 2.75) is 32.2 Å². The zero-order valence-electron chi connectivity index (χ0n) is 8.55. The van der Waals surface area contributed by atoms with Gasteiger partial charge in [0.1, 0.15) is 0 Å². The Bertz CT molecular complexity index is 165. The molecule has 2 heteroatoms. The summed E-state index contributed by atoms with van der Waals surface area (Å²) in [4.78, 5) is 2.32. The number of hydrogen-bond acceptors (Lipinski definition) is 2. The van der Waals surface area contributed by atoms with Gasteiger partial charge in [-0.25, -0.2) is 0 Å². The zero-order chi connectivity index (χ0) is 9.52. The van der Waals surface area contributed by atoms with Gasteiger partial charge in [0.15, 0.2) is 0 Å². The van der Waals surface area contributed by atoms with E-state index >= 15 is 0 Å². The van der Waals surface area contributed by atoms with Gasteiger partial charge in [0.05, 0.1) is 6.54 Å². The SMILES string of the molecule is C#CCN(CC)CC1CCCCN1. The maximum atomic E-state index is 5.30. The van der Waals surface area contributed by atoms with E-state index in [0.717, 1.165) is 19.6 Å². The maximum Gasteiger partial charge on any atom is 0.0599 e. The van der Waals surface area contributed by atoms with Crippen LogP contribution in [-0.4, -0.2) is 37.1 Å². The van der Waals surface area contributed by atoms with Crippen molar-refractivity contribution in [1.82, 2.24) is 10.2 Å². The summed E-state index contributed by atoms with van der Waals surface area (Å²) in [5, 5.41) is 3.53. The molecule has 0 aromatic rings. The Morgan fingerprint density at radius 3 is 2.92 bits per heavy atom. The van der Waals surface area contributed by atoms with Crippen LogP contribution < -0.4 is 5.32 Å². The molecule has 2 nitrogen and oxygen atoms in total. The summed E-state index contributed by atoms with van der Waals surface area (Å²) >= 11 is 0. The molecular formula is C11H20N2. The summed E-state index contributed by atoms with van der Waals surface area (Å²) in [6.07, 6.45) is 9.30. The van der Waals surface area contributed by atoms with Crippen LogP contribution in [0.25, 0.3) is 0 Å². The number of piperidine rings is 1. The first-order chi connectivity index (χ1) is 6.36. The Balaban J connectivity index is 2.23. The minimum absolute atomic E-state index is 0.669. The fraction of sp³-hybridized carbons (Fsp3) is 0.818. The highest BCUT2D eigenvalue weighted by atomic mass is 15.1. The van der Waals surface area contributed by atoms with Gasteiger partial charge in [0.2, 0.25) is 0 Å². The van der Waals surface area contributed by atoms with Crippen molar-refractivity contribution in [1.29, 1.82) is 0 Å². The average molecular weight is 180 g/mol. The van der Waals surface area contributed by atoms with Crippen molar-refractivity contribution in [2.24, 2.45) is 0 Å². The molecule has 1 heterocycles. The highest BCUT2D eigenvalue weighted by molar-refractivity contribution is 4.89. The Kier molecular flexibility index (Phi) is 4.88. The molecule has 1 N–H and O–H groups in total. The van der Waals surface area contributed by atoms with Crippen molar-refractivity contribution >= 4 is 0 Å². The Labute approximate surface area is 81.7 Å². The molecule has 1 fully saturated rings. The van der Waals surface area contributed by atoms with Gasteiger partial charge in [-0.3, -0.25) is 4.90 Å². The lowest BCUT2D eigenvalue weighted by Crippen LogP contribution is -2.43. The van der Waals surface area contributed by atoms with Crippen LogP contribution in [0.5, 0.6) is 0 Å². The molecule has 0 aromatic heterocycles. The third-order valence-corrected chi connectivity index (χ3v) is 2.65. The predicted octanol–water partition coefficient (Wildman–Crippen LogP) is 1.08. The molecule has 1 atom stereocenters. The standard InChI is InChI=1S/C11H20N2/c1-3-9-13(4-2)10-11-7-5-6-8-12-11/h1,11-12H,4-10H2,2H3. The van der Waals surface area contributed by atoms with E-state index in [4.69, 9.17) is 6.42 Å². The first-order valence-electron chi connectivity index (χ1n) is 5.26. The monoisotopic (exact) mass is 180 g/mol. The molecule has 1 aliphatic rings. The molecule has 0 spiro atoms. The Morgan fingerprint density at radius 2 is 2.38 bits per heavy atom. The number of hydrogen-bond donors (Lipinski definition) is 1. The summed E-state index contributed by atoms with van der Waals surface area (Å²) in [6.45, 7) is 6.30. The normalized spacial score (nSPS) is 23.0. The number of nitrogens with zero attached hydrogens (tertiary/aromatic N) is 1. The smallest absolute Gasteiger partial charge is 0.0599 e. The summed E-state index contributed by atoms with van der Waals surface area (Å²) in [5.74, 6) is 2.71. The number of nitrogens with one attached hydrogen (secondary N) is 1.